The Hall–Kier alpha value is -2.81. The number of carbonyl (C=O) groups is 1. The maximum absolute atomic E-state index is 12.4. The predicted molar refractivity (Wildman–Crippen MR) is 83.6 cm³/mol. The van der Waals surface area contributed by atoms with Crippen LogP contribution in [0.25, 0.3) is 5.69 Å². The number of hydrogen-bond donors (Lipinski definition) is 1. The zero-order valence-electron chi connectivity index (χ0n) is 13.2. The summed E-state index contributed by atoms with van der Waals surface area (Å²) in [6, 6.07) is 6.02. The van der Waals surface area contributed by atoms with Crippen LogP contribution >= 0.6 is 0 Å². The maximum Gasteiger partial charge on any atom is 0.276 e. The summed E-state index contributed by atoms with van der Waals surface area (Å²) in [6.45, 7) is 2.91. The van der Waals surface area contributed by atoms with Gasteiger partial charge in [0.1, 0.15) is 0 Å². The Morgan fingerprint density at radius 3 is 2.87 bits per heavy atom. The quantitative estimate of drug-likeness (QED) is 0.623. The smallest absolute Gasteiger partial charge is 0.276 e. The molecule has 0 atom stereocenters. The fraction of sp³-hybridized carbons (Fsp3) is 0.357. The number of rotatable bonds is 6. The minimum atomic E-state index is -0.479. The van der Waals surface area contributed by atoms with Crippen molar-refractivity contribution in [1.82, 2.24) is 25.2 Å². The number of nitrogens with zero attached hydrogens (tertiary/aromatic N) is 5. The Labute approximate surface area is 133 Å². The second-order valence-corrected chi connectivity index (χ2v) is 5.04. The van der Waals surface area contributed by atoms with E-state index in [9.17, 15) is 14.9 Å². The van der Waals surface area contributed by atoms with E-state index in [0.29, 0.717) is 24.5 Å². The SMILES string of the molecule is CNCCN(C)C(=O)c1nnn(-c2cccc([N+](=O)[O-])c2)c1C. The van der Waals surface area contributed by atoms with Crippen LogP contribution in [0.15, 0.2) is 24.3 Å². The zero-order chi connectivity index (χ0) is 17.0. The summed E-state index contributed by atoms with van der Waals surface area (Å²) in [4.78, 5) is 24.3. The van der Waals surface area contributed by atoms with Gasteiger partial charge in [-0.1, -0.05) is 11.3 Å². The molecule has 0 spiro atoms. The lowest BCUT2D eigenvalue weighted by molar-refractivity contribution is -0.384. The summed E-state index contributed by atoms with van der Waals surface area (Å²) in [5, 5.41) is 21.7. The van der Waals surface area contributed by atoms with Crippen molar-refractivity contribution in [3.63, 3.8) is 0 Å². The highest BCUT2D eigenvalue weighted by Gasteiger charge is 2.21. The lowest BCUT2D eigenvalue weighted by atomic mass is 10.2. The number of amides is 1. The average Bonchev–Trinajstić information content (AvgIpc) is 2.93. The Bertz CT molecular complexity index is 727. The van der Waals surface area contributed by atoms with Crippen molar-refractivity contribution >= 4 is 11.6 Å². The molecule has 0 unspecified atom stereocenters. The van der Waals surface area contributed by atoms with Crippen LogP contribution in [-0.4, -0.2) is 57.9 Å². The number of benzene rings is 1. The van der Waals surface area contributed by atoms with Gasteiger partial charge in [0.15, 0.2) is 5.69 Å². The number of aromatic nitrogens is 3. The normalized spacial score (nSPS) is 10.6. The van der Waals surface area contributed by atoms with Crippen molar-refractivity contribution in [2.45, 2.75) is 6.92 Å². The first-order chi connectivity index (χ1) is 11.0. The Kier molecular flexibility index (Phi) is 5.02. The summed E-state index contributed by atoms with van der Waals surface area (Å²) < 4.78 is 1.42. The molecule has 0 fully saturated rings. The number of nitro groups is 1. The van der Waals surface area contributed by atoms with E-state index in [1.807, 2.05) is 7.05 Å². The summed E-state index contributed by atoms with van der Waals surface area (Å²) >= 11 is 0. The van der Waals surface area contributed by atoms with Gasteiger partial charge in [-0.25, -0.2) is 4.68 Å². The van der Waals surface area contributed by atoms with Crippen LogP contribution in [0.5, 0.6) is 0 Å². The van der Waals surface area contributed by atoms with Crippen molar-refractivity contribution < 1.29 is 9.72 Å². The van der Waals surface area contributed by atoms with Crippen LogP contribution in [0.3, 0.4) is 0 Å². The standard InChI is InChI=1S/C14H18N6O3/c1-10-13(14(21)18(3)8-7-15-2)16-17-19(10)11-5-4-6-12(9-11)20(22)23/h4-6,9,15H,7-8H2,1-3H3. The van der Waals surface area contributed by atoms with E-state index in [4.69, 9.17) is 0 Å². The molecule has 2 aromatic rings. The van der Waals surface area contributed by atoms with Gasteiger partial charge in [0.2, 0.25) is 0 Å². The molecule has 0 saturated carbocycles. The van der Waals surface area contributed by atoms with Crippen molar-refractivity contribution in [2.24, 2.45) is 0 Å². The fourth-order valence-electron chi connectivity index (χ4n) is 2.07. The molecule has 1 aromatic carbocycles. The van der Waals surface area contributed by atoms with Gasteiger partial charge < -0.3 is 10.2 Å². The van der Waals surface area contributed by atoms with E-state index in [1.165, 1.54) is 16.8 Å². The van der Waals surface area contributed by atoms with Crippen LogP contribution in [0.4, 0.5) is 5.69 Å². The second-order valence-electron chi connectivity index (χ2n) is 5.04. The molecule has 0 aliphatic heterocycles. The molecule has 1 amide bonds. The van der Waals surface area contributed by atoms with E-state index in [2.05, 4.69) is 15.6 Å². The number of carbonyl (C=O) groups excluding carboxylic acids is 1. The lowest BCUT2D eigenvalue weighted by Crippen LogP contribution is -2.33. The minimum Gasteiger partial charge on any atom is -0.339 e. The van der Waals surface area contributed by atoms with Crippen LogP contribution in [0, 0.1) is 17.0 Å². The molecule has 0 bridgehead atoms. The fourth-order valence-corrected chi connectivity index (χ4v) is 2.07. The summed E-state index contributed by atoms with van der Waals surface area (Å²) in [6.07, 6.45) is 0. The highest BCUT2D eigenvalue weighted by molar-refractivity contribution is 5.93. The van der Waals surface area contributed by atoms with Crippen LogP contribution in [-0.2, 0) is 0 Å². The molecule has 0 aliphatic rings. The van der Waals surface area contributed by atoms with Gasteiger partial charge in [-0.3, -0.25) is 14.9 Å². The summed E-state index contributed by atoms with van der Waals surface area (Å²) in [5.41, 5.74) is 1.21. The largest absolute Gasteiger partial charge is 0.339 e. The molecule has 2 rings (SSSR count). The van der Waals surface area contributed by atoms with Crippen LogP contribution < -0.4 is 5.32 Å². The number of nitrogens with one attached hydrogen (secondary N) is 1. The Balaban J connectivity index is 2.30. The zero-order valence-corrected chi connectivity index (χ0v) is 13.2. The van der Waals surface area contributed by atoms with E-state index < -0.39 is 4.92 Å². The monoisotopic (exact) mass is 318 g/mol. The molecule has 0 aliphatic carbocycles. The van der Waals surface area contributed by atoms with Gasteiger partial charge in [0.25, 0.3) is 11.6 Å². The molecule has 122 valence electrons. The van der Waals surface area contributed by atoms with E-state index >= 15 is 0 Å². The Morgan fingerprint density at radius 2 is 2.22 bits per heavy atom. The van der Waals surface area contributed by atoms with Crippen molar-refractivity contribution in [3.05, 3.63) is 45.8 Å². The summed E-state index contributed by atoms with van der Waals surface area (Å²) in [7, 11) is 3.49. The van der Waals surface area contributed by atoms with Gasteiger partial charge in [-0.05, 0) is 20.0 Å². The maximum atomic E-state index is 12.4. The molecular formula is C14H18N6O3. The number of hydrogen-bond acceptors (Lipinski definition) is 6. The topological polar surface area (TPSA) is 106 Å². The number of nitro benzene ring substituents is 1. The van der Waals surface area contributed by atoms with E-state index in [-0.39, 0.29) is 17.3 Å². The van der Waals surface area contributed by atoms with Gasteiger partial charge in [-0.15, -0.1) is 5.10 Å². The van der Waals surface area contributed by atoms with Gasteiger partial charge in [-0.2, -0.15) is 0 Å². The van der Waals surface area contributed by atoms with E-state index in [0.717, 1.165) is 0 Å². The van der Waals surface area contributed by atoms with Gasteiger partial charge >= 0.3 is 0 Å². The third-order valence-electron chi connectivity index (χ3n) is 3.43. The molecule has 1 heterocycles. The van der Waals surface area contributed by atoms with Crippen molar-refractivity contribution in [1.29, 1.82) is 0 Å². The van der Waals surface area contributed by atoms with Crippen LogP contribution in [0.2, 0.25) is 0 Å². The second kappa shape index (κ2) is 6.97. The van der Waals surface area contributed by atoms with Crippen LogP contribution in [0.1, 0.15) is 16.2 Å². The first-order valence-corrected chi connectivity index (χ1v) is 7.03. The molecule has 1 N–H and O–H groups in total. The number of likely N-dealkylation sites (N-methyl/N-ethyl adjacent to an activating group) is 2. The highest BCUT2D eigenvalue weighted by atomic mass is 16.6. The first kappa shape index (κ1) is 16.6. The molecular weight excluding hydrogens is 300 g/mol. The summed E-state index contributed by atoms with van der Waals surface area (Å²) in [5.74, 6) is -0.241. The molecule has 0 saturated heterocycles. The van der Waals surface area contributed by atoms with Gasteiger partial charge in [0, 0.05) is 32.3 Å². The van der Waals surface area contributed by atoms with Gasteiger partial charge in [0.05, 0.1) is 16.3 Å². The number of non-ortho nitro benzene ring substituents is 1. The molecule has 9 heteroatoms. The van der Waals surface area contributed by atoms with E-state index in [1.54, 1.807) is 31.0 Å². The Morgan fingerprint density at radius 1 is 1.48 bits per heavy atom. The molecule has 9 nitrogen and oxygen atoms in total. The molecule has 23 heavy (non-hydrogen) atoms. The third-order valence-corrected chi connectivity index (χ3v) is 3.43. The lowest BCUT2D eigenvalue weighted by Gasteiger charge is -2.15. The third kappa shape index (κ3) is 3.51. The van der Waals surface area contributed by atoms with Crippen molar-refractivity contribution in [3.8, 4) is 5.69 Å². The minimum absolute atomic E-state index is 0.0450. The van der Waals surface area contributed by atoms with Crippen molar-refractivity contribution in [2.75, 3.05) is 27.2 Å². The predicted octanol–water partition coefficient (Wildman–Crippen LogP) is 0.775. The molecule has 0 radical (unpaired) electrons. The first-order valence-electron chi connectivity index (χ1n) is 7.03. The molecule has 1 aromatic heterocycles. The average molecular weight is 318 g/mol. The highest BCUT2D eigenvalue weighted by Crippen LogP contribution is 2.18.